The van der Waals surface area contributed by atoms with Gasteiger partial charge in [-0.2, -0.15) is 0 Å². The third kappa shape index (κ3) is 4.79. The third-order valence-corrected chi connectivity index (χ3v) is 3.67. The van der Waals surface area contributed by atoms with Gasteiger partial charge in [-0.15, -0.1) is 11.8 Å². The molecule has 0 aliphatic heterocycles. The lowest BCUT2D eigenvalue weighted by molar-refractivity contribution is 0.0378. The van der Waals surface area contributed by atoms with E-state index in [-0.39, 0.29) is 12.1 Å². The van der Waals surface area contributed by atoms with E-state index >= 15 is 0 Å². The second-order valence-corrected chi connectivity index (χ2v) is 5.87. The maximum atomic E-state index is 11.9. The largest absolute Gasteiger partial charge is 0.459 e. The van der Waals surface area contributed by atoms with E-state index in [1.54, 1.807) is 24.0 Å². The molecule has 2 aromatic rings. The Morgan fingerprint density at radius 2 is 2.14 bits per heavy atom. The van der Waals surface area contributed by atoms with Gasteiger partial charge in [0, 0.05) is 5.75 Å². The van der Waals surface area contributed by atoms with E-state index in [9.17, 15) is 4.79 Å². The van der Waals surface area contributed by atoms with Crippen molar-refractivity contribution in [3.8, 4) is 0 Å². The summed E-state index contributed by atoms with van der Waals surface area (Å²) in [7, 11) is 0. The van der Waals surface area contributed by atoms with E-state index in [4.69, 9.17) is 10.5 Å². The lowest BCUT2D eigenvalue weighted by atomic mass is 10.1. The Bertz CT molecular complexity index is 612. The molecule has 5 heteroatoms. The zero-order chi connectivity index (χ0) is 15.2. The van der Waals surface area contributed by atoms with Crippen LogP contribution in [0.3, 0.4) is 0 Å². The number of rotatable bonds is 5. The van der Waals surface area contributed by atoms with E-state index in [1.807, 2.05) is 44.2 Å². The number of nitrogens with zero attached hydrogens (tertiary/aromatic N) is 1. The van der Waals surface area contributed by atoms with Crippen LogP contribution in [-0.4, -0.2) is 17.1 Å². The fourth-order valence-corrected chi connectivity index (χ4v) is 2.49. The first-order valence-electron chi connectivity index (χ1n) is 6.69. The van der Waals surface area contributed by atoms with Gasteiger partial charge < -0.3 is 10.5 Å². The third-order valence-electron chi connectivity index (χ3n) is 2.65. The molecular weight excluding hydrogens is 284 g/mol. The molecule has 0 bridgehead atoms. The number of benzene rings is 1. The van der Waals surface area contributed by atoms with Crippen molar-refractivity contribution in [1.82, 2.24) is 4.98 Å². The molecule has 1 heterocycles. The molecule has 2 rings (SSSR count). The average Bonchev–Trinajstić information content (AvgIpc) is 2.46. The van der Waals surface area contributed by atoms with Crippen LogP contribution in [0.1, 0.15) is 29.8 Å². The van der Waals surface area contributed by atoms with Gasteiger partial charge in [0.2, 0.25) is 0 Å². The number of carbonyl (C=O) groups is 1. The molecule has 21 heavy (non-hydrogen) atoms. The molecule has 0 atom stereocenters. The van der Waals surface area contributed by atoms with Gasteiger partial charge in [0.25, 0.3) is 0 Å². The first-order chi connectivity index (χ1) is 10.0. The van der Waals surface area contributed by atoms with Crippen molar-refractivity contribution in [1.29, 1.82) is 0 Å². The predicted octanol–water partition coefficient (Wildman–Crippen LogP) is 3.52. The van der Waals surface area contributed by atoms with Gasteiger partial charge >= 0.3 is 5.97 Å². The Balaban J connectivity index is 2.00. The topological polar surface area (TPSA) is 65.2 Å². The molecule has 1 aromatic heterocycles. The van der Waals surface area contributed by atoms with Crippen LogP contribution in [0.15, 0.2) is 47.6 Å². The van der Waals surface area contributed by atoms with Crippen LogP contribution < -0.4 is 5.73 Å². The summed E-state index contributed by atoms with van der Waals surface area (Å²) in [6.45, 7) is 3.68. The van der Waals surface area contributed by atoms with Gasteiger partial charge in [-0.05, 0) is 43.7 Å². The summed E-state index contributed by atoms with van der Waals surface area (Å²) < 4.78 is 5.20. The molecule has 0 saturated carbocycles. The van der Waals surface area contributed by atoms with Crippen LogP contribution >= 0.6 is 11.8 Å². The highest BCUT2D eigenvalue weighted by molar-refractivity contribution is 7.98. The van der Waals surface area contributed by atoms with Crippen LogP contribution in [0.2, 0.25) is 0 Å². The van der Waals surface area contributed by atoms with Crippen molar-refractivity contribution in [2.24, 2.45) is 0 Å². The summed E-state index contributed by atoms with van der Waals surface area (Å²) in [5, 5.41) is 0.902. The molecule has 0 radical (unpaired) electrons. The summed E-state index contributed by atoms with van der Waals surface area (Å²) in [6.07, 6.45) is 1.52. The van der Waals surface area contributed by atoms with Crippen LogP contribution in [-0.2, 0) is 10.5 Å². The number of hydrogen-bond donors (Lipinski definition) is 1. The maximum absolute atomic E-state index is 11.9. The zero-order valence-corrected chi connectivity index (χ0v) is 12.9. The van der Waals surface area contributed by atoms with Gasteiger partial charge in [0.1, 0.15) is 0 Å². The number of esters is 1. The summed E-state index contributed by atoms with van der Waals surface area (Å²) in [5.41, 5.74) is 7.88. The molecule has 0 fully saturated rings. The lowest BCUT2D eigenvalue weighted by Gasteiger charge is -2.09. The van der Waals surface area contributed by atoms with E-state index < -0.39 is 0 Å². The number of ether oxygens (including phenoxy) is 1. The Labute approximate surface area is 128 Å². The molecule has 0 spiro atoms. The van der Waals surface area contributed by atoms with Gasteiger partial charge in [-0.3, -0.25) is 0 Å². The number of carbonyl (C=O) groups excluding carboxylic acids is 1. The fourth-order valence-electron chi connectivity index (χ4n) is 1.70. The quantitative estimate of drug-likeness (QED) is 0.676. The number of thioether (sulfide) groups is 1. The average molecular weight is 302 g/mol. The van der Waals surface area contributed by atoms with Gasteiger partial charge in [-0.1, -0.05) is 12.1 Å². The summed E-state index contributed by atoms with van der Waals surface area (Å²) in [6, 6.07) is 11.2. The second kappa shape index (κ2) is 7.13. The van der Waals surface area contributed by atoms with E-state index in [0.717, 1.165) is 16.3 Å². The summed E-state index contributed by atoms with van der Waals surface area (Å²) in [5.74, 6) is 0.446. The standard InChI is InChI=1S/C16H18N2O2S/c1-11(2)20-16(19)13-5-3-4-12(8-13)10-21-15-7-6-14(17)9-18-15/h3-9,11H,10,17H2,1-2H3. The van der Waals surface area contributed by atoms with E-state index in [2.05, 4.69) is 4.98 Å². The van der Waals surface area contributed by atoms with Crippen LogP contribution in [0.25, 0.3) is 0 Å². The predicted molar refractivity (Wildman–Crippen MR) is 85.2 cm³/mol. The molecule has 4 nitrogen and oxygen atoms in total. The fraction of sp³-hybridized carbons (Fsp3) is 0.250. The van der Waals surface area contributed by atoms with Crippen molar-refractivity contribution >= 4 is 23.4 Å². The van der Waals surface area contributed by atoms with Crippen molar-refractivity contribution in [3.63, 3.8) is 0 Å². The number of aromatic nitrogens is 1. The highest BCUT2D eigenvalue weighted by atomic mass is 32.2. The van der Waals surface area contributed by atoms with Gasteiger partial charge in [-0.25, -0.2) is 9.78 Å². The molecule has 0 aliphatic carbocycles. The first-order valence-corrected chi connectivity index (χ1v) is 7.67. The number of nitrogens with two attached hydrogens (primary N) is 1. The monoisotopic (exact) mass is 302 g/mol. The first kappa shape index (κ1) is 15.4. The number of anilines is 1. The molecule has 1 aromatic carbocycles. The Morgan fingerprint density at radius 1 is 1.33 bits per heavy atom. The van der Waals surface area contributed by atoms with Gasteiger partial charge in [0.15, 0.2) is 0 Å². The summed E-state index contributed by atoms with van der Waals surface area (Å²) >= 11 is 1.60. The van der Waals surface area contributed by atoms with E-state index in [1.165, 1.54) is 0 Å². The normalized spacial score (nSPS) is 10.6. The van der Waals surface area contributed by atoms with Crippen LogP contribution in [0.4, 0.5) is 5.69 Å². The maximum Gasteiger partial charge on any atom is 0.338 e. The lowest BCUT2D eigenvalue weighted by Crippen LogP contribution is -2.11. The molecular formula is C16H18N2O2S. The van der Waals surface area contributed by atoms with Crippen molar-refractivity contribution in [3.05, 3.63) is 53.7 Å². The molecule has 2 N–H and O–H groups in total. The minimum Gasteiger partial charge on any atom is -0.459 e. The summed E-state index contributed by atoms with van der Waals surface area (Å²) in [4.78, 5) is 16.1. The van der Waals surface area contributed by atoms with Crippen LogP contribution in [0.5, 0.6) is 0 Å². The number of nitrogen functional groups attached to an aromatic ring is 1. The SMILES string of the molecule is CC(C)OC(=O)c1cccc(CSc2ccc(N)cn2)c1. The minimum atomic E-state index is -0.289. The van der Waals surface area contributed by atoms with Crippen molar-refractivity contribution in [2.45, 2.75) is 30.7 Å². The van der Waals surface area contributed by atoms with Gasteiger partial charge in [0.05, 0.1) is 28.6 Å². The van der Waals surface area contributed by atoms with Crippen molar-refractivity contribution in [2.75, 3.05) is 5.73 Å². The number of pyridine rings is 1. The molecule has 110 valence electrons. The van der Waals surface area contributed by atoms with Crippen molar-refractivity contribution < 1.29 is 9.53 Å². The second-order valence-electron chi connectivity index (χ2n) is 4.87. The minimum absolute atomic E-state index is 0.116. The zero-order valence-electron chi connectivity index (χ0n) is 12.1. The highest BCUT2D eigenvalue weighted by Gasteiger charge is 2.09. The molecule has 0 saturated heterocycles. The smallest absolute Gasteiger partial charge is 0.338 e. The molecule has 0 amide bonds. The highest BCUT2D eigenvalue weighted by Crippen LogP contribution is 2.22. The van der Waals surface area contributed by atoms with E-state index in [0.29, 0.717) is 11.3 Å². The Hall–Kier alpha value is -2.01. The molecule has 0 aliphatic rings. The Kier molecular flexibility index (Phi) is 5.22. The molecule has 0 unspecified atom stereocenters. The van der Waals surface area contributed by atoms with Crippen LogP contribution in [0, 0.1) is 0 Å². The number of hydrogen-bond acceptors (Lipinski definition) is 5. The Morgan fingerprint density at radius 3 is 2.81 bits per heavy atom.